The van der Waals surface area contributed by atoms with Crippen molar-refractivity contribution in [2.75, 3.05) is 31.2 Å². The highest BCUT2D eigenvalue weighted by molar-refractivity contribution is 5.56. The van der Waals surface area contributed by atoms with E-state index < -0.39 is 0 Å². The Labute approximate surface area is 105 Å². The first-order chi connectivity index (χ1) is 8.02. The van der Waals surface area contributed by atoms with Gasteiger partial charge in [0.15, 0.2) is 0 Å². The van der Waals surface area contributed by atoms with Crippen LogP contribution in [0.4, 0.5) is 11.4 Å². The zero-order chi connectivity index (χ0) is 12.8. The maximum absolute atomic E-state index is 5.81. The SMILES string of the molecule is CCC(C)N(C)CCNc1cc(C)cc(N)c1. The third-order valence-electron chi connectivity index (χ3n) is 3.24. The van der Waals surface area contributed by atoms with Gasteiger partial charge >= 0.3 is 0 Å². The van der Waals surface area contributed by atoms with Crippen molar-refractivity contribution < 1.29 is 0 Å². The Hall–Kier alpha value is -1.22. The van der Waals surface area contributed by atoms with Crippen LogP contribution in [0.5, 0.6) is 0 Å². The standard InChI is InChI=1S/C14H25N3/c1-5-12(3)17(4)7-6-16-14-9-11(2)8-13(15)10-14/h8-10,12,16H,5-7,15H2,1-4H3. The Morgan fingerprint density at radius 2 is 2.06 bits per heavy atom. The lowest BCUT2D eigenvalue weighted by atomic mass is 10.2. The molecule has 0 aliphatic rings. The molecule has 0 fully saturated rings. The molecule has 0 aromatic heterocycles. The van der Waals surface area contributed by atoms with Crippen LogP contribution in [0.3, 0.4) is 0 Å². The Morgan fingerprint density at radius 3 is 2.65 bits per heavy atom. The van der Waals surface area contributed by atoms with E-state index in [1.807, 2.05) is 12.1 Å². The van der Waals surface area contributed by atoms with Gasteiger partial charge in [0.1, 0.15) is 0 Å². The number of hydrogen-bond donors (Lipinski definition) is 2. The zero-order valence-corrected chi connectivity index (χ0v) is 11.5. The largest absolute Gasteiger partial charge is 0.399 e. The molecule has 1 rings (SSSR count). The molecule has 0 heterocycles. The topological polar surface area (TPSA) is 41.3 Å². The van der Waals surface area contributed by atoms with E-state index in [1.54, 1.807) is 0 Å². The molecule has 0 bridgehead atoms. The maximum atomic E-state index is 5.81. The lowest BCUT2D eigenvalue weighted by Crippen LogP contribution is -2.32. The maximum Gasteiger partial charge on any atom is 0.0363 e. The van der Waals surface area contributed by atoms with Crippen LogP contribution < -0.4 is 11.1 Å². The summed E-state index contributed by atoms with van der Waals surface area (Å²) in [7, 11) is 2.17. The van der Waals surface area contributed by atoms with Crippen LogP contribution in [0.2, 0.25) is 0 Å². The minimum Gasteiger partial charge on any atom is -0.399 e. The van der Waals surface area contributed by atoms with Gasteiger partial charge in [-0.2, -0.15) is 0 Å². The Balaban J connectivity index is 2.40. The van der Waals surface area contributed by atoms with Gasteiger partial charge in [-0.3, -0.25) is 0 Å². The van der Waals surface area contributed by atoms with Crippen LogP contribution in [0, 0.1) is 6.92 Å². The second-order valence-electron chi connectivity index (χ2n) is 4.80. The molecule has 3 nitrogen and oxygen atoms in total. The molecule has 0 radical (unpaired) electrons. The summed E-state index contributed by atoms with van der Waals surface area (Å²) in [6, 6.07) is 6.73. The van der Waals surface area contributed by atoms with Crippen LogP contribution >= 0.6 is 0 Å². The van der Waals surface area contributed by atoms with Crippen molar-refractivity contribution in [1.29, 1.82) is 0 Å². The highest BCUT2D eigenvalue weighted by Crippen LogP contribution is 2.15. The molecule has 3 heteroatoms. The van der Waals surface area contributed by atoms with E-state index in [4.69, 9.17) is 5.73 Å². The predicted molar refractivity (Wildman–Crippen MR) is 76.5 cm³/mol. The summed E-state index contributed by atoms with van der Waals surface area (Å²) in [5, 5.41) is 3.41. The molecule has 0 aliphatic heterocycles. The number of nitrogens with two attached hydrogens (primary N) is 1. The highest BCUT2D eigenvalue weighted by Gasteiger charge is 2.05. The van der Waals surface area contributed by atoms with Crippen molar-refractivity contribution >= 4 is 11.4 Å². The summed E-state index contributed by atoms with van der Waals surface area (Å²) in [4.78, 5) is 2.37. The van der Waals surface area contributed by atoms with Crippen molar-refractivity contribution in [2.45, 2.75) is 33.2 Å². The number of benzene rings is 1. The normalized spacial score (nSPS) is 12.8. The fraction of sp³-hybridized carbons (Fsp3) is 0.571. The van der Waals surface area contributed by atoms with E-state index >= 15 is 0 Å². The molecule has 0 spiro atoms. The van der Waals surface area contributed by atoms with Gasteiger partial charge in [0.25, 0.3) is 0 Å². The molecule has 96 valence electrons. The van der Waals surface area contributed by atoms with E-state index in [0.717, 1.165) is 24.5 Å². The van der Waals surface area contributed by atoms with Gasteiger partial charge in [-0.15, -0.1) is 0 Å². The van der Waals surface area contributed by atoms with Gasteiger partial charge in [0.05, 0.1) is 0 Å². The Bertz CT molecular complexity index is 329. The Morgan fingerprint density at radius 1 is 1.35 bits per heavy atom. The van der Waals surface area contributed by atoms with Crippen LogP contribution in [0.15, 0.2) is 18.2 Å². The monoisotopic (exact) mass is 235 g/mol. The third-order valence-corrected chi connectivity index (χ3v) is 3.24. The second kappa shape index (κ2) is 6.50. The number of nitrogens with zero attached hydrogens (tertiary/aromatic N) is 1. The molecule has 17 heavy (non-hydrogen) atoms. The van der Waals surface area contributed by atoms with Gasteiger partial charge in [0.2, 0.25) is 0 Å². The first kappa shape index (κ1) is 13.8. The van der Waals surface area contributed by atoms with Crippen molar-refractivity contribution in [1.82, 2.24) is 4.90 Å². The summed E-state index contributed by atoms with van der Waals surface area (Å²) < 4.78 is 0. The number of likely N-dealkylation sites (N-methyl/N-ethyl adjacent to an activating group) is 1. The molecule has 1 unspecified atom stereocenters. The highest BCUT2D eigenvalue weighted by atomic mass is 15.1. The van der Waals surface area contributed by atoms with E-state index in [1.165, 1.54) is 12.0 Å². The van der Waals surface area contributed by atoms with Crippen molar-refractivity contribution in [3.63, 3.8) is 0 Å². The predicted octanol–water partition coefficient (Wildman–Crippen LogP) is 2.72. The van der Waals surface area contributed by atoms with Gasteiger partial charge in [0, 0.05) is 30.5 Å². The number of nitrogens with one attached hydrogen (secondary N) is 1. The number of anilines is 2. The van der Waals surface area contributed by atoms with Gasteiger partial charge in [-0.05, 0) is 51.1 Å². The number of rotatable bonds is 6. The van der Waals surface area contributed by atoms with Gasteiger partial charge in [-0.1, -0.05) is 6.92 Å². The average Bonchev–Trinajstić information content (AvgIpc) is 2.26. The Kier molecular flexibility index (Phi) is 5.29. The smallest absolute Gasteiger partial charge is 0.0363 e. The van der Waals surface area contributed by atoms with Gasteiger partial charge in [-0.25, -0.2) is 0 Å². The lowest BCUT2D eigenvalue weighted by molar-refractivity contribution is 0.261. The lowest BCUT2D eigenvalue weighted by Gasteiger charge is -2.23. The van der Waals surface area contributed by atoms with Gasteiger partial charge < -0.3 is 16.0 Å². The molecule has 1 atom stereocenters. The molecular weight excluding hydrogens is 210 g/mol. The van der Waals surface area contributed by atoms with Crippen LogP contribution in [-0.2, 0) is 0 Å². The third kappa shape index (κ3) is 4.65. The molecule has 1 aromatic rings. The first-order valence-electron chi connectivity index (χ1n) is 6.34. The van der Waals surface area contributed by atoms with Crippen LogP contribution in [0.25, 0.3) is 0 Å². The summed E-state index contributed by atoms with van der Waals surface area (Å²) in [6.45, 7) is 8.53. The molecule has 0 saturated heterocycles. The molecular formula is C14H25N3. The van der Waals surface area contributed by atoms with Crippen LogP contribution in [-0.4, -0.2) is 31.1 Å². The molecule has 3 N–H and O–H groups in total. The summed E-state index contributed by atoms with van der Waals surface area (Å²) >= 11 is 0. The van der Waals surface area contributed by atoms with Crippen molar-refractivity contribution in [3.8, 4) is 0 Å². The summed E-state index contributed by atoms with van der Waals surface area (Å²) in [5.41, 5.74) is 8.94. The summed E-state index contributed by atoms with van der Waals surface area (Å²) in [5.74, 6) is 0. The molecule has 0 saturated carbocycles. The number of hydrogen-bond acceptors (Lipinski definition) is 3. The van der Waals surface area contributed by atoms with Crippen molar-refractivity contribution in [3.05, 3.63) is 23.8 Å². The van der Waals surface area contributed by atoms with E-state index in [0.29, 0.717) is 6.04 Å². The number of nitrogen functional groups attached to an aromatic ring is 1. The summed E-state index contributed by atoms with van der Waals surface area (Å²) in [6.07, 6.45) is 1.19. The minimum absolute atomic E-state index is 0.638. The number of aryl methyl sites for hydroxylation is 1. The molecule has 0 aliphatic carbocycles. The average molecular weight is 235 g/mol. The minimum atomic E-state index is 0.638. The molecule has 1 aromatic carbocycles. The van der Waals surface area contributed by atoms with E-state index in [9.17, 15) is 0 Å². The fourth-order valence-corrected chi connectivity index (χ4v) is 1.82. The molecule has 0 amide bonds. The van der Waals surface area contributed by atoms with Crippen molar-refractivity contribution in [2.24, 2.45) is 0 Å². The quantitative estimate of drug-likeness (QED) is 0.745. The van der Waals surface area contributed by atoms with E-state index in [-0.39, 0.29) is 0 Å². The first-order valence-corrected chi connectivity index (χ1v) is 6.34. The van der Waals surface area contributed by atoms with Crippen LogP contribution in [0.1, 0.15) is 25.8 Å². The second-order valence-corrected chi connectivity index (χ2v) is 4.80. The fourth-order valence-electron chi connectivity index (χ4n) is 1.82. The van der Waals surface area contributed by atoms with E-state index in [2.05, 4.69) is 44.1 Å². The zero-order valence-electron chi connectivity index (χ0n) is 11.5.